The monoisotopic (exact) mass is 475 g/mol. The van der Waals surface area contributed by atoms with Crippen molar-refractivity contribution in [1.29, 1.82) is 0 Å². The minimum absolute atomic E-state index is 0.0217. The standard InChI is InChI=1S/C21H21F4NO5S/c1-2-26-7-5-13-9-14(30-8-6-22)11-15-18(13)16(26)10-12-3-4-17(20(27)19(12)15)31-32(28,29)21(23,24)25/h3-4,9,11,16,27H,2,5-8,10H2,1H3. The number of alkyl halides is 4. The third-order valence-corrected chi connectivity index (χ3v) is 6.79. The first-order valence-electron chi connectivity index (χ1n) is 10.0. The Morgan fingerprint density at radius 2 is 1.97 bits per heavy atom. The molecule has 32 heavy (non-hydrogen) atoms. The maximum Gasteiger partial charge on any atom is 0.534 e. The molecule has 6 nitrogen and oxygen atoms in total. The summed E-state index contributed by atoms with van der Waals surface area (Å²) in [4.78, 5) is 2.26. The van der Waals surface area contributed by atoms with Crippen molar-refractivity contribution in [3.63, 3.8) is 0 Å². The van der Waals surface area contributed by atoms with E-state index in [1.807, 2.05) is 13.0 Å². The van der Waals surface area contributed by atoms with Crippen molar-refractivity contribution in [1.82, 2.24) is 4.90 Å². The first-order chi connectivity index (χ1) is 15.1. The van der Waals surface area contributed by atoms with Gasteiger partial charge in [0.05, 0.1) is 0 Å². The Morgan fingerprint density at radius 3 is 2.62 bits per heavy atom. The van der Waals surface area contributed by atoms with Crippen LogP contribution in [-0.4, -0.2) is 50.3 Å². The number of hydrogen-bond donors (Lipinski definition) is 1. The second-order valence-corrected chi connectivity index (χ2v) is 9.15. The fourth-order valence-electron chi connectivity index (χ4n) is 4.47. The fourth-order valence-corrected chi connectivity index (χ4v) is 4.93. The van der Waals surface area contributed by atoms with Crippen LogP contribution in [0.4, 0.5) is 17.6 Å². The van der Waals surface area contributed by atoms with Gasteiger partial charge in [-0.2, -0.15) is 21.6 Å². The summed E-state index contributed by atoms with van der Waals surface area (Å²) in [7, 11) is -5.96. The average molecular weight is 475 g/mol. The number of benzene rings is 2. The molecule has 2 aromatic rings. The molecule has 2 aromatic carbocycles. The summed E-state index contributed by atoms with van der Waals surface area (Å²) >= 11 is 0. The maximum absolute atomic E-state index is 12.8. The van der Waals surface area contributed by atoms with Gasteiger partial charge in [0, 0.05) is 18.2 Å². The van der Waals surface area contributed by atoms with E-state index in [1.54, 1.807) is 6.07 Å². The zero-order valence-corrected chi connectivity index (χ0v) is 17.9. The van der Waals surface area contributed by atoms with Crippen LogP contribution >= 0.6 is 0 Å². The van der Waals surface area contributed by atoms with Gasteiger partial charge in [-0.05, 0) is 59.8 Å². The van der Waals surface area contributed by atoms with E-state index in [0.717, 1.165) is 30.3 Å². The number of rotatable bonds is 6. The quantitative estimate of drug-likeness (QED) is 0.385. The lowest BCUT2D eigenvalue weighted by molar-refractivity contribution is -0.0500. The molecule has 1 aliphatic carbocycles. The van der Waals surface area contributed by atoms with Crippen molar-refractivity contribution in [2.75, 3.05) is 26.4 Å². The molecule has 0 radical (unpaired) electrons. The van der Waals surface area contributed by atoms with Gasteiger partial charge in [0.2, 0.25) is 0 Å². The first kappa shape index (κ1) is 22.7. The normalized spacial score (nSPS) is 18.1. The predicted octanol–water partition coefficient (Wildman–Crippen LogP) is 4.11. The molecule has 1 unspecified atom stereocenters. The van der Waals surface area contributed by atoms with E-state index in [9.17, 15) is 31.1 Å². The molecule has 1 N–H and O–H groups in total. The molecule has 0 fully saturated rings. The summed E-state index contributed by atoms with van der Waals surface area (Å²) in [6.07, 6.45) is 1.15. The Balaban J connectivity index is 1.88. The molecule has 4 rings (SSSR count). The number of fused-ring (bicyclic) bond motifs is 2. The summed E-state index contributed by atoms with van der Waals surface area (Å²) in [6.45, 7) is 2.71. The Bertz CT molecular complexity index is 1150. The summed E-state index contributed by atoms with van der Waals surface area (Å²) in [5, 5.41) is 10.8. The second kappa shape index (κ2) is 8.11. The van der Waals surface area contributed by atoms with Crippen molar-refractivity contribution < 1.29 is 40.0 Å². The molecule has 0 spiro atoms. The van der Waals surface area contributed by atoms with E-state index in [0.29, 0.717) is 29.7 Å². The van der Waals surface area contributed by atoms with Crippen molar-refractivity contribution in [3.05, 3.63) is 41.0 Å². The van der Waals surface area contributed by atoms with Gasteiger partial charge in [-0.1, -0.05) is 13.0 Å². The zero-order valence-electron chi connectivity index (χ0n) is 17.1. The molecule has 174 valence electrons. The molecule has 0 bridgehead atoms. The molecular formula is C21H21F4NO5S. The summed E-state index contributed by atoms with van der Waals surface area (Å²) < 4.78 is 83.6. The molecule has 0 saturated heterocycles. The van der Waals surface area contributed by atoms with E-state index in [2.05, 4.69) is 9.08 Å². The molecule has 11 heteroatoms. The van der Waals surface area contributed by atoms with Crippen molar-refractivity contribution >= 4 is 10.1 Å². The Morgan fingerprint density at radius 1 is 1.22 bits per heavy atom. The lowest BCUT2D eigenvalue weighted by Crippen LogP contribution is -2.38. The van der Waals surface area contributed by atoms with Gasteiger partial charge in [0.1, 0.15) is 19.0 Å². The number of aromatic hydroxyl groups is 1. The smallest absolute Gasteiger partial charge is 0.504 e. The van der Waals surface area contributed by atoms with E-state index in [1.165, 1.54) is 6.07 Å². The van der Waals surface area contributed by atoms with Crippen LogP contribution in [-0.2, 0) is 23.0 Å². The van der Waals surface area contributed by atoms with Gasteiger partial charge >= 0.3 is 15.6 Å². The van der Waals surface area contributed by atoms with Gasteiger partial charge in [0.15, 0.2) is 11.5 Å². The van der Waals surface area contributed by atoms with E-state index in [4.69, 9.17) is 4.74 Å². The topological polar surface area (TPSA) is 76.1 Å². The van der Waals surface area contributed by atoms with E-state index >= 15 is 0 Å². The molecule has 0 saturated carbocycles. The number of nitrogens with zero attached hydrogens (tertiary/aromatic N) is 1. The highest BCUT2D eigenvalue weighted by molar-refractivity contribution is 7.88. The maximum atomic E-state index is 12.8. The molecule has 1 aliphatic heterocycles. The fraction of sp³-hybridized carbons (Fsp3) is 0.429. The molecule has 0 aromatic heterocycles. The highest BCUT2D eigenvalue weighted by Crippen LogP contribution is 2.52. The van der Waals surface area contributed by atoms with Crippen LogP contribution < -0.4 is 8.92 Å². The van der Waals surface area contributed by atoms with Gasteiger partial charge in [-0.25, -0.2) is 4.39 Å². The Labute approximate surface area is 182 Å². The number of hydrogen-bond acceptors (Lipinski definition) is 6. The highest BCUT2D eigenvalue weighted by atomic mass is 32.2. The van der Waals surface area contributed by atoms with Crippen LogP contribution in [0.15, 0.2) is 24.3 Å². The summed E-state index contributed by atoms with van der Waals surface area (Å²) in [6, 6.07) is 5.86. The second-order valence-electron chi connectivity index (χ2n) is 7.61. The Hall–Kier alpha value is -2.53. The minimum atomic E-state index is -5.96. The number of phenols is 1. The molecule has 0 amide bonds. The third-order valence-electron chi connectivity index (χ3n) is 5.83. The van der Waals surface area contributed by atoms with E-state index < -0.39 is 33.8 Å². The van der Waals surface area contributed by atoms with Gasteiger partial charge in [-0.3, -0.25) is 4.90 Å². The summed E-state index contributed by atoms with van der Waals surface area (Å²) in [5.41, 5.74) is -2.48. The van der Waals surface area contributed by atoms with Gasteiger partial charge in [0.25, 0.3) is 0 Å². The lowest BCUT2D eigenvalue weighted by Gasteiger charge is -2.41. The van der Waals surface area contributed by atoms with Crippen molar-refractivity contribution in [2.24, 2.45) is 0 Å². The molecule has 2 aliphatic rings. The minimum Gasteiger partial charge on any atom is -0.504 e. The Kier molecular flexibility index (Phi) is 5.74. The van der Waals surface area contributed by atoms with Crippen LogP contribution in [0.25, 0.3) is 11.1 Å². The number of likely N-dealkylation sites (N-methyl/N-ethyl adjacent to an activating group) is 1. The molecule has 1 heterocycles. The first-order valence-corrected chi connectivity index (χ1v) is 11.4. The highest BCUT2D eigenvalue weighted by Gasteiger charge is 2.49. The summed E-state index contributed by atoms with van der Waals surface area (Å²) in [5.74, 6) is -1.15. The number of phenolic OH excluding ortho intramolecular Hbond substituents is 1. The number of ether oxygens (including phenoxy) is 1. The van der Waals surface area contributed by atoms with Crippen LogP contribution in [0.1, 0.15) is 29.7 Å². The zero-order chi connectivity index (χ0) is 23.3. The van der Waals surface area contributed by atoms with Crippen molar-refractivity contribution in [2.45, 2.75) is 31.3 Å². The van der Waals surface area contributed by atoms with Crippen LogP contribution in [0.3, 0.4) is 0 Å². The third kappa shape index (κ3) is 3.77. The van der Waals surface area contributed by atoms with Gasteiger partial charge in [-0.15, -0.1) is 0 Å². The lowest BCUT2D eigenvalue weighted by atomic mass is 9.76. The van der Waals surface area contributed by atoms with Crippen LogP contribution in [0.2, 0.25) is 0 Å². The predicted molar refractivity (Wildman–Crippen MR) is 108 cm³/mol. The average Bonchev–Trinajstić information content (AvgIpc) is 2.73. The molecule has 1 atom stereocenters. The van der Waals surface area contributed by atoms with E-state index in [-0.39, 0.29) is 18.2 Å². The van der Waals surface area contributed by atoms with Gasteiger partial charge < -0.3 is 14.0 Å². The van der Waals surface area contributed by atoms with Crippen LogP contribution in [0, 0.1) is 0 Å². The largest absolute Gasteiger partial charge is 0.534 e. The SMILES string of the molecule is CCN1CCc2cc(OCCF)cc3c2C1Cc1ccc(OS(=O)(=O)C(F)(F)F)c(O)c1-3. The number of halogens is 4. The molecular weight excluding hydrogens is 454 g/mol. The van der Waals surface area contributed by atoms with Crippen LogP contribution in [0.5, 0.6) is 17.2 Å². The van der Waals surface area contributed by atoms with Crippen molar-refractivity contribution in [3.8, 4) is 28.4 Å².